The first-order chi connectivity index (χ1) is 5.74. The molecule has 0 N–H and O–H groups in total. The number of hydrogen-bond donors (Lipinski definition) is 0. The summed E-state index contributed by atoms with van der Waals surface area (Å²) in [7, 11) is 0. The van der Waals surface area contributed by atoms with E-state index in [4.69, 9.17) is 0 Å². The molecular formula is C8H9NO3. The normalized spacial score (nSPS) is 43.3. The molecule has 0 heterocycles. The van der Waals surface area contributed by atoms with Crippen LogP contribution in [0.15, 0.2) is 12.2 Å². The minimum Gasteiger partial charge on any atom is -0.303 e. The number of aldehydes is 1. The predicted octanol–water partition coefficient (Wildman–Crippen LogP) is 0.653. The fourth-order valence-electron chi connectivity index (χ4n) is 2.29. The second-order valence-electron chi connectivity index (χ2n) is 3.43. The van der Waals surface area contributed by atoms with Crippen LogP contribution in [0, 0.1) is 27.9 Å². The molecule has 0 saturated heterocycles. The Morgan fingerprint density at radius 3 is 2.67 bits per heavy atom. The molecule has 0 aromatic heterocycles. The number of carbonyl (C=O) groups is 1. The first-order valence-corrected chi connectivity index (χ1v) is 4.01. The van der Waals surface area contributed by atoms with Gasteiger partial charge in [-0.05, 0) is 5.92 Å². The zero-order valence-electron chi connectivity index (χ0n) is 6.42. The smallest absolute Gasteiger partial charge is 0.220 e. The maximum atomic E-state index is 10.6. The quantitative estimate of drug-likeness (QED) is 0.262. The van der Waals surface area contributed by atoms with E-state index in [0.717, 1.165) is 6.29 Å². The molecule has 0 amide bonds. The Balaban J connectivity index is 2.23. The molecule has 2 aliphatic carbocycles. The van der Waals surface area contributed by atoms with E-state index in [1.54, 1.807) is 0 Å². The van der Waals surface area contributed by atoms with E-state index < -0.39 is 6.04 Å². The van der Waals surface area contributed by atoms with Crippen LogP contribution in [-0.2, 0) is 4.79 Å². The highest BCUT2D eigenvalue weighted by atomic mass is 16.6. The Kier molecular flexibility index (Phi) is 1.49. The van der Waals surface area contributed by atoms with Crippen molar-refractivity contribution in [2.24, 2.45) is 17.8 Å². The van der Waals surface area contributed by atoms with E-state index in [0.29, 0.717) is 6.42 Å². The summed E-state index contributed by atoms with van der Waals surface area (Å²) >= 11 is 0. The second-order valence-corrected chi connectivity index (χ2v) is 3.43. The molecule has 2 bridgehead atoms. The number of hydrogen-bond acceptors (Lipinski definition) is 3. The third-order valence-corrected chi connectivity index (χ3v) is 2.91. The van der Waals surface area contributed by atoms with E-state index in [1.807, 2.05) is 12.2 Å². The van der Waals surface area contributed by atoms with Crippen molar-refractivity contribution in [2.45, 2.75) is 12.5 Å². The van der Waals surface area contributed by atoms with Gasteiger partial charge in [-0.3, -0.25) is 10.1 Å². The van der Waals surface area contributed by atoms with Crippen molar-refractivity contribution in [2.75, 3.05) is 0 Å². The van der Waals surface area contributed by atoms with Crippen LogP contribution < -0.4 is 0 Å². The summed E-state index contributed by atoms with van der Waals surface area (Å²) in [5.41, 5.74) is 0. The van der Waals surface area contributed by atoms with Crippen molar-refractivity contribution >= 4 is 6.29 Å². The highest BCUT2D eigenvalue weighted by Gasteiger charge is 2.50. The van der Waals surface area contributed by atoms with Crippen LogP contribution in [-0.4, -0.2) is 17.3 Å². The molecule has 2 aliphatic rings. The lowest BCUT2D eigenvalue weighted by Crippen LogP contribution is -2.25. The van der Waals surface area contributed by atoms with E-state index in [1.165, 1.54) is 0 Å². The molecule has 12 heavy (non-hydrogen) atoms. The van der Waals surface area contributed by atoms with Crippen molar-refractivity contribution in [1.29, 1.82) is 0 Å². The fraction of sp³-hybridized carbons (Fsp3) is 0.625. The molecule has 4 atom stereocenters. The highest BCUT2D eigenvalue weighted by molar-refractivity contribution is 5.58. The zero-order valence-corrected chi connectivity index (χ0v) is 6.42. The average Bonchev–Trinajstić information content (AvgIpc) is 2.59. The average molecular weight is 167 g/mol. The van der Waals surface area contributed by atoms with Crippen LogP contribution in [0.4, 0.5) is 0 Å². The topological polar surface area (TPSA) is 60.2 Å². The van der Waals surface area contributed by atoms with Crippen LogP contribution in [0.2, 0.25) is 0 Å². The van der Waals surface area contributed by atoms with Gasteiger partial charge < -0.3 is 4.79 Å². The molecule has 1 unspecified atom stereocenters. The van der Waals surface area contributed by atoms with E-state index in [9.17, 15) is 14.9 Å². The number of allylic oxidation sites excluding steroid dienone is 1. The third-order valence-electron chi connectivity index (χ3n) is 2.91. The van der Waals surface area contributed by atoms with Crippen LogP contribution in [0.5, 0.6) is 0 Å². The Morgan fingerprint density at radius 1 is 1.50 bits per heavy atom. The van der Waals surface area contributed by atoms with Crippen molar-refractivity contribution in [1.82, 2.24) is 0 Å². The van der Waals surface area contributed by atoms with Crippen LogP contribution >= 0.6 is 0 Å². The van der Waals surface area contributed by atoms with Crippen LogP contribution in [0.25, 0.3) is 0 Å². The highest BCUT2D eigenvalue weighted by Crippen LogP contribution is 2.44. The van der Waals surface area contributed by atoms with Crippen molar-refractivity contribution in [3.8, 4) is 0 Å². The maximum Gasteiger partial charge on any atom is 0.220 e. The van der Waals surface area contributed by atoms with Gasteiger partial charge in [0.2, 0.25) is 6.04 Å². The summed E-state index contributed by atoms with van der Waals surface area (Å²) in [4.78, 5) is 20.8. The molecule has 0 radical (unpaired) electrons. The standard InChI is InChI=1S/C8H9NO3/c10-4-7-5-1-2-6(7)8(3-5)9(11)12/h1-2,4-8H,3H2/t5-,6-,7?,8+/m1/s1. The minimum atomic E-state index is -0.518. The van der Waals surface area contributed by atoms with Crippen molar-refractivity contribution < 1.29 is 9.72 Å². The lowest BCUT2D eigenvalue weighted by atomic mass is 9.98. The summed E-state index contributed by atoms with van der Waals surface area (Å²) in [5, 5.41) is 10.5. The summed E-state index contributed by atoms with van der Waals surface area (Å²) in [6, 6.07) is -0.518. The summed E-state index contributed by atoms with van der Waals surface area (Å²) in [5.74, 6) is -0.134. The van der Waals surface area contributed by atoms with Gasteiger partial charge >= 0.3 is 0 Å². The number of fused-ring (bicyclic) bond motifs is 2. The van der Waals surface area contributed by atoms with Gasteiger partial charge in [-0.15, -0.1) is 0 Å². The third kappa shape index (κ3) is 0.807. The molecule has 4 heteroatoms. The Morgan fingerprint density at radius 2 is 2.25 bits per heavy atom. The maximum absolute atomic E-state index is 10.6. The molecule has 1 saturated carbocycles. The van der Waals surface area contributed by atoms with Gasteiger partial charge in [-0.2, -0.15) is 0 Å². The van der Waals surface area contributed by atoms with Crippen molar-refractivity contribution in [3.63, 3.8) is 0 Å². The van der Waals surface area contributed by atoms with E-state index in [-0.39, 0.29) is 22.7 Å². The molecule has 0 aliphatic heterocycles. The Bertz CT molecular complexity index is 261. The molecule has 0 aromatic rings. The van der Waals surface area contributed by atoms with Crippen LogP contribution in [0.3, 0.4) is 0 Å². The fourth-order valence-corrected chi connectivity index (χ4v) is 2.29. The summed E-state index contributed by atoms with van der Waals surface area (Å²) in [6.07, 6.45) is 5.15. The van der Waals surface area contributed by atoms with Gasteiger partial charge in [0.15, 0.2) is 0 Å². The van der Waals surface area contributed by atoms with Gasteiger partial charge in [0.1, 0.15) is 6.29 Å². The molecule has 64 valence electrons. The first-order valence-electron chi connectivity index (χ1n) is 4.01. The van der Waals surface area contributed by atoms with E-state index in [2.05, 4.69) is 0 Å². The molecule has 0 spiro atoms. The lowest BCUT2D eigenvalue weighted by Gasteiger charge is -2.09. The zero-order chi connectivity index (χ0) is 8.72. The number of nitrogens with zero attached hydrogens (tertiary/aromatic N) is 1. The van der Waals surface area contributed by atoms with Gasteiger partial charge in [-0.25, -0.2) is 0 Å². The second kappa shape index (κ2) is 2.40. The summed E-state index contributed by atoms with van der Waals surface area (Å²) in [6.45, 7) is 0. The van der Waals surface area contributed by atoms with Crippen molar-refractivity contribution in [3.05, 3.63) is 22.3 Å². The Hall–Kier alpha value is -1.19. The Labute approximate surface area is 69.4 Å². The van der Waals surface area contributed by atoms with Gasteiger partial charge in [-0.1, -0.05) is 12.2 Å². The first kappa shape index (κ1) is 7.46. The molecule has 0 aromatic carbocycles. The number of carbonyl (C=O) groups excluding carboxylic acids is 1. The lowest BCUT2D eigenvalue weighted by molar-refractivity contribution is -0.527. The van der Waals surface area contributed by atoms with Gasteiger partial charge in [0, 0.05) is 17.3 Å². The van der Waals surface area contributed by atoms with Gasteiger partial charge in [0.05, 0.1) is 5.92 Å². The van der Waals surface area contributed by atoms with Crippen LogP contribution in [0.1, 0.15) is 6.42 Å². The SMILES string of the molecule is O=CC1[C@@H]2C=C[C@H]1[C@@H]([N+](=O)[O-])C2. The van der Waals surface area contributed by atoms with Gasteiger partial charge in [0.25, 0.3) is 0 Å². The molecule has 2 rings (SSSR count). The predicted molar refractivity (Wildman–Crippen MR) is 41.1 cm³/mol. The van der Waals surface area contributed by atoms with E-state index >= 15 is 0 Å². The molecular weight excluding hydrogens is 158 g/mol. The monoisotopic (exact) mass is 167 g/mol. The molecule has 4 nitrogen and oxygen atoms in total. The summed E-state index contributed by atoms with van der Waals surface area (Å²) < 4.78 is 0. The number of nitro groups is 1. The molecule has 1 fully saturated rings. The largest absolute Gasteiger partial charge is 0.303 e. The number of rotatable bonds is 2. The minimum absolute atomic E-state index is 0.125.